The third-order valence-electron chi connectivity index (χ3n) is 3.74. The largest absolute Gasteiger partial charge is 0.350 e. The first-order valence-electron chi connectivity index (χ1n) is 5.29. The van der Waals surface area contributed by atoms with Crippen LogP contribution < -0.4 is 10.6 Å². The van der Waals surface area contributed by atoms with Crippen LogP contribution in [0.2, 0.25) is 0 Å². The van der Waals surface area contributed by atoms with E-state index in [1.807, 2.05) is 0 Å². The molecule has 0 bridgehead atoms. The summed E-state index contributed by atoms with van der Waals surface area (Å²) in [5.74, 6) is 0.485. The Balaban J connectivity index is 2.27. The molecule has 2 heterocycles. The molecule has 15 heavy (non-hydrogen) atoms. The van der Waals surface area contributed by atoms with Gasteiger partial charge in [0.05, 0.1) is 5.54 Å². The Labute approximate surface area is 102 Å². The van der Waals surface area contributed by atoms with E-state index in [1.54, 1.807) is 0 Å². The van der Waals surface area contributed by atoms with Crippen LogP contribution in [0.15, 0.2) is 0 Å². The van der Waals surface area contributed by atoms with Crippen molar-refractivity contribution in [1.82, 2.24) is 15.5 Å². The minimum Gasteiger partial charge on any atom is -0.350 e. The Bertz CT molecular complexity index is 318. The highest BCUT2D eigenvalue weighted by atomic mass is 32.1. The van der Waals surface area contributed by atoms with Gasteiger partial charge in [0, 0.05) is 12.6 Å². The van der Waals surface area contributed by atoms with Gasteiger partial charge in [-0.25, -0.2) is 0 Å². The molecule has 0 aliphatic carbocycles. The summed E-state index contributed by atoms with van der Waals surface area (Å²) in [5.41, 5.74) is -0.0989. The molecule has 2 fully saturated rings. The zero-order valence-corrected chi connectivity index (χ0v) is 11.0. The monoisotopic (exact) mass is 243 g/mol. The summed E-state index contributed by atoms with van der Waals surface area (Å²) < 4.78 is 0. The SMILES string of the molecule is C[C@@H]1CN(C)[C@@H](C)C[C@@]12NC(=S)NC2=S. The molecule has 3 atom stereocenters. The van der Waals surface area contributed by atoms with Gasteiger partial charge in [-0.2, -0.15) is 0 Å². The van der Waals surface area contributed by atoms with E-state index < -0.39 is 0 Å². The predicted molar refractivity (Wildman–Crippen MR) is 70.1 cm³/mol. The molecule has 2 saturated heterocycles. The van der Waals surface area contributed by atoms with Gasteiger partial charge in [-0.3, -0.25) is 0 Å². The van der Waals surface area contributed by atoms with Crippen LogP contribution in [0.5, 0.6) is 0 Å². The lowest BCUT2D eigenvalue weighted by Gasteiger charge is -2.46. The lowest BCUT2D eigenvalue weighted by molar-refractivity contribution is 0.108. The van der Waals surface area contributed by atoms with E-state index in [1.165, 1.54) is 0 Å². The van der Waals surface area contributed by atoms with Crippen molar-refractivity contribution in [3.63, 3.8) is 0 Å². The zero-order valence-electron chi connectivity index (χ0n) is 9.33. The Morgan fingerprint density at radius 3 is 2.60 bits per heavy atom. The summed E-state index contributed by atoms with van der Waals surface area (Å²) >= 11 is 10.6. The van der Waals surface area contributed by atoms with Crippen molar-refractivity contribution < 1.29 is 0 Å². The maximum absolute atomic E-state index is 5.42. The van der Waals surface area contributed by atoms with Crippen molar-refractivity contribution in [3.05, 3.63) is 0 Å². The topological polar surface area (TPSA) is 27.3 Å². The zero-order chi connectivity index (χ0) is 11.2. The van der Waals surface area contributed by atoms with Crippen LogP contribution in [0.25, 0.3) is 0 Å². The van der Waals surface area contributed by atoms with Crippen LogP contribution in [-0.4, -0.2) is 40.2 Å². The van der Waals surface area contributed by atoms with E-state index in [-0.39, 0.29) is 5.54 Å². The van der Waals surface area contributed by atoms with Gasteiger partial charge in [0.25, 0.3) is 0 Å². The Morgan fingerprint density at radius 1 is 1.40 bits per heavy atom. The fraction of sp³-hybridized carbons (Fsp3) is 0.800. The molecule has 0 aromatic rings. The highest BCUT2D eigenvalue weighted by Crippen LogP contribution is 2.33. The minimum absolute atomic E-state index is 0.0989. The third kappa shape index (κ3) is 1.66. The Hall–Kier alpha value is -0.260. The van der Waals surface area contributed by atoms with Crippen molar-refractivity contribution in [2.24, 2.45) is 5.92 Å². The van der Waals surface area contributed by atoms with Gasteiger partial charge in [0.2, 0.25) is 0 Å². The second kappa shape index (κ2) is 3.64. The van der Waals surface area contributed by atoms with Crippen molar-refractivity contribution in [3.8, 4) is 0 Å². The van der Waals surface area contributed by atoms with Gasteiger partial charge in [0.1, 0.15) is 4.99 Å². The molecular weight excluding hydrogens is 226 g/mol. The molecule has 3 nitrogen and oxygen atoms in total. The first-order chi connectivity index (χ1) is 6.95. The van der Waals surface area contributed by atoms with E-state index in [0.29, 0.717) is 17.1 Å². The first kappa shape index (κ1) is 11.2. The summed E-state index contributed by atoms with van der Waals surface area (Å²) in [7, 11) is 2.16. The van der Waals surface area contributed by atoms with Gasteiger partial charge in [-0.1, -0.05) is 19.1 Å². The van der Waals surface area contributed by atoms with Gasteiger partial charge < -0.3 is 15.5 Å². The predicted octanol–water partition coefficient (Wildman–Crippen LogP) is 0.890. The van der Waals surface area contributed by atoms with Crippen LogP contribution in [0.3, 0.4) is 0 Å². The standard InChI is InChI=1S/C10H17N3S2/c1-6-5-13(3)7(2)4-10(6)8(14)11-9(15)12-10/h6-7H,4-5H2,1-3H3,(H2,11,12,14,15)/t6-,7+,10-/m1/s1. The number of nitrogens with zero attached hydrogens (tertiary/aromatic N) is 1. The number of hydrogen-bond acceptors (Lipinski definition) is 3. The number of piperidine rings is 1. The summed E-state index contributed by atoms with van der Waals surface area (Å²) in [4.78, 5) is 3.25. The van der Waals surface area contributed by atoms with Crippen LogP contribution in [0, 0.1) is 5.92 Å². The van der Waals surface area contributed by atoms with Gasteiger partial charge in [0.15, 0.2) is 5.11 Å². The van der Waals surface area contributed by atoms with Crippen molar-refractivity contribution >= 4 is 34.5 Å². The molecule has 0 amide bonds. The molecule has 2 N–H and O–H groups in total. The summed E-state index contributed by atoms with van der Waals surface area (Å²) in [6.45, 7) is 5.52. The molecule has 2 aliphatic heterocycles. The average molecular weight is 243 g/mol. The van der Waals surface area contributed by atoms with E-state index in [9.17, 15) is 0 Å². The maximum atomic E-state index is 5.42. The smallest absolute Gasteiger partial charge is 0.172 e. The minimum atomic E-state index is -0.0989. The van der Waals surface area contributed by atoms with E-state index in [2.05, 4.69) is 36.4 Å². The number of rotatable bonds is 0. The fourth-order valence-corrected chi connectivity index (χ4v) is 3.37. The number of nitrogens with one attached hydrogen (secondary N) is 2. The normalized spacial score (nSPS) is 41.8. The average Bonchev–Trinajstić information content (AvgIpc) is 2.40. The van der Waals surface area contributed by atoms with Gasteiger partial charge >= 0.3 is 0 Å². The van der Waals surface area contributed by atoms with Crippen LogP contribution in [0.1, 0.15) is 20.3 Å². The molecule has 2 aliphatic rings. The molecule has 1 spiro atoms. The first-order valence-corrected chi connectivity index (χ1v) is 6.11. The highest BCUT2D eigenvalue weighted by Gasteiger charge is 2.49. The molecule has 84 valence electrons. The molecule has 5 heteroatoms. The number of thiocarbonyl (C=S) groups is 2. The highest BCUT2D eigenvalue weighted by molar-refractivity contribution is 7.82. The van der Waals surface area contributed by atoms with E-state index in [4.69, 9.17) is 24.4 Å². The quantitative estimate of drug-likeness (QED) is 0.616. The molecule has 2 rings (SSSR count). The molecular formula is C10H17N3S2. The summed E-state index contributed by atoms with van der Waals surface area (Å²) in [6, 6.07) is 0.536. The summed E-state index contributed by atoms with van der Waals surface area (Å²) in [5, 5.41) is 7.13. The van der Waals surface area contributed by atoms with Crippen molar-refractivity contribution in [1.29, 1.82) is 0 Å². The molecule has 0 saturated carbocycles. The second-order valence-corrected chi connectivity index (χ2v) is 5.59. The van der Waals surface area contributed by atoms with Crippen LogP contribution >= 0.6 is 24.4 Å². The lowest BCUT2D eigenvalue weighted by Crippen LogP contribution is -2.61. The number of likely N-dealkylation sites (tertiary alicyclic amines) is 1. The van der Waals surface area contributed by atoms with E-state index >= 15 is 0 Å². The number of hydrogen-bond donors (Lipinski definition) is 2. The van der Waals surface area contributed by atoms with Gasteiger partial charge in [-0.05, 0) is 38.5 Å². The molecule has 0 aromatic carbocycles. The lowest BCUT2D eigenvalue weighted by atomic mass is 9.76. The summed E-state index contributed by atoms with van der Waals surface area (Å²) in [6.07, 6.45) is 1.02. The van der Waals surface area contributed by atoms with Crippen LogP contribution in [-0.2, 0) is 0 Å². The second-order valence-electron chi connectivity index (χ2n) is 4.77. The van der Waals surface area contributed by atoms with Gasteiger partial charge in [-0.15, -0.1) is 0 Å². The Morgan fingerprint density at radius 2 is 2.07 bits per heavy atom. The third-order valence-corrected chi connectivity index (χ3v) is 4.41. The molecule has 0 aromatic heterocycles. The van der Waals surface area contributed by atoms with Crippen LogP contribution in [0.4, 0.5) is 0 Å². The molecule has 0 unspecified atom stereocenters. The Kier molecular flexibility index (Phi) is 2.73. The maximum Gasteiger partial charge on any atom is 0.172 e. The van der Waals surface area contributed by atoms with Crippen molar-refractivity contribution in [2.75, 3.05) is 13.6 Å². The van der Waals surface area contributed by atoms with E-state index in [0.717, 1.165) is 18.0 Å². The van der Waals surface area contributed by atoms with Crippen molar-refractivity contribution in [2.45, 2.75) is 31.8 Å². The fourth-order valence-electron chi connectivity index (χ4n) is 2.59. The molecule has 0 radical (unpaired) electrons.